The van der Waals surface area contributed by atoms with Crippen molar-refractivity contribution in [1.29, 1.82) is 0 Å². The van der Waals surface area contributed by atoms with Gasteiger partial charge in [-0.15, -0.1) is 0 Å². The minimum atomic E-state index is 0.915. The van der Waals surface area contributed by atoms with Crippen LogP contribution >= 0.6 is 0 Å². The molecular weight excluding hydrogens is 170 g/mol. The van der Waals surface area contributed by atoms with E-state index in [9.17, 15) is 0 Å². The zero-order valence-corrected chi connectivity index (χ0v) is 10.4. The number of hydrogen-bond acceptors (Lipinski definition) is 1. The Kier molecular flexibility index (Phi) is 11.0. The summed E-state index contributed by atoms with van der Waals surface area (Å²) in [6, 6.07) is 0. The van der Waals surface area contributed by atoms with Crippen LogP contribution < -0.4 is 5.32 Å². The number of nitrogens with one attached hydrogen (secondary N) is 1. The van der Waals surface area contributed by atoms with E-state index in [1.807, 2.05) is 0 Å². The van der Waals surface area contributed by atoms with Gasteiger partial charge >= 0.3 is 0 Å². The Balaban J connectivity index is 3.28. The van der Waals surface area contributed by atoms with Gasteiger partial charge in [0.2, 0.25) is 0 Å². The number of hydrogen-bond donors (Lipinski definition) is 1. The van der Waals surface area contributed by atoms with Crippen molar-refractivity contribution in [2.45, 2.75) is 65.7 Å². The summed E-state index contributed by atoms with van der Waals surface area (Å²) in [7, 11) is 0. The second kappa shape index (κ2) is 11.0. The van der Waals surface area contributed by atoms with Crippen LogP contribution in [0.5, 0.6) is 0 Å². The molecule has 0 aromatic heterocycles. The molecule has 0 aliphatic heterocycles. The molecule has 1 unspecified atom stereocenters. The average Bonchev–Trinajstić information content (AvgIpc) is 2.22. The molecule has 1 heteroatoms. The lowest BCUT2D eigenvalue weighted by Crippen LogP contribution is -2.23. The molecule has 0 bridgehead atoms. The van der Waals surface area contributed by atoms with Crippen LogP contribution in [-0.2, 0) is 0 Å². The van der Waals surface area contributed by atoms with Gasteiger partial charge in [0.05, 0.1) is 0 Å². The van der Waals surface area contributed by atoms with Crippen LogP contribution in [-0.4, -0.2) is 13.1 Å². The molecule has 0 saturated carbocycles. The zero-order valence-electron chi connectivity index (χ0n) is 10.4. The van der Waals surface area contributed by atoms with Crippen molar-refractivity contribution in [3.63, 3.8) is 0 Å². The number of rotatable bonds is 10. The molecule has 0 fully saturated rings. The molecule has 0 aromatic carbocycles. The van der Waals surface area contributed by atoms with E-state index in [2.05, 4.69) is 26.1 Å². The van der Waals surface area contributed by atoms with E-state index in [0.29, 0.717) is 0 Å². The molecule has 0 aliphatic rings. The summed E-state index contributed by atoms with van der Waals surface area (Å²) >= 11 is 0. The SMILES string of the molecule is CCCCCCC(CC)CNCCC. The maximum absolute atomic E-state index is 3.53. The molecule has 0 aromatic rings. The van der Waals surface area contributed by atoms with E-state index in [4.69, 9.17) is 0 Å². The van der Waals surface area contributed by atoms with Gasteiger partial charge in [0.15, 0.2) is 0 Å². The Labute approximate surface area is 90.7 Å². The van der Waals surface area contributed by atoms with Gasteiger partial charge in [-0.2, -0.15) is 0 Å². The highest BCUT2D eigenvalue weighted by atomic mass is 14.8. The summed E-state index contributed by atoms with van der Waals surface area (Å²) in [6.45, 7) is 9.25. The van der Waals surface area contributed by atoms with Crippen LogP contribution in [0.25, 0.3) is 0 Å². The van der Waals surface area contributed by atoms with Crippen molar-refractivity contribution in [2.75, 3.05) is 13.1 Å². The van der Waals surface area contributed by atoms with Crippen molar-refractivity contribution >= 4 is 0 Å². The first-order chi connectivity index (χ1) is 6.85. The van der Waals surface area contributed by atoms with Gasteiger partial charge in [-0.25, -0.2) is 0 Å². The first kappa shape index (κ1) is 14.0. The van der Waals surface area contributed by atoms with Crippen molar-refractivity contribution in [3.05, 3.63) is 0 Å². The van der Waals surface area contributed by atoms with Crippen LogP contribution in [0.15, 0.2) is 0 Å². The average molecular weight is 199 g/mol. The Morgan fingerprint density at radius 1 is 0.929 bits per heavy atom. The molecule has 0 rings (SSSR count). The van der Waals surface area contributed by atoms with Gasteiger partial charge in [-0.1, -0.05) is 52.9 Å². The summed E-state index contributed by atoms with van der Waals surface area (Å²) in [5.74, 6) is 0.915. The van der Waals surface area contributed by atoms with E-state index in [-0.39, 0.29) is 0 Å². The summed E-state index contributed by atoms with van der Waals surface area (Å²) in [6.07, 6.45) is 9.65. The van der Waals surface area contributed by atoms with Crippen molar-refractivity contribution in [1.82, 2.24) is 5.32 Å². The normalized spacial score (nSPS) is 13.1. The highest BCUT2D eigenvalue weighted by Gasteiger charge is 2.04. The molecule has 0 amide bonds. The lowest BCUT2D eigenvalue weighted by molar-refractivity contribution is 0.413. The Hall–Kier alpha value is -0.0400. The zero-order chi connectivity index (χ0) is 10.6. The fraction of sp³-hybridized carbons (Fsp3) is 1.00. The van der Waals surface area contributed by atoms with Crippen LogP contribution in [0.4, 0.5) is 0 Å². The minimum absolute atomic E-state index is 0.915. The first-order valence-electron chi connectivity index (χ1n) is 6.55. The molecule has 0 aliphatic carbocycles. The van der Waals surface area contributed by atoms with Crippen LogP contribution in [0.2, 0.25) is 0 Å². The first-order valence-corrected chi connectivity index (χ1v) is 6.55. The van der Waals surface area contributed by atoms with E-state index in [0.717, 1.165) is 5.92 Å². The quantitative estimate of drug-likeness (QED) is 0.525. The monoisotopic (exact) mass is 199 g/mol. The maximum Gasteiger partial charge on any atom is -0.00206 e. The van der Waals surface area contributed by atoms with Gasteiger partial charge < -0.3 is 5.32 Å². The largest absolute Gasteiger partial charge is 0.316 e. The fourth-order valence-corrected chi connectivity index (χ4v) is 1.79. The fourth-order valence-electron chi connectivity index (χ4n) is 1.79. The second-order valence-electron chi connectivity index (χ2n) is 4.33. The summed E-state index contributed by atoms with van der Waals surface area (Å²) in [4.78, 5) is 0. The molecule has 0 spiro atoms. The second-order valence-corrected chi connectivity index (χ2v) is 4.33. The van der Waals surface area contributed by atoms with E-state index in [1.54, 1.807) is 0 Å². The Bertz CT molecular complexity index is 101. The van der Waals surface area contributed by atoms with Crippen molar-refractivity contribution in [2.24, 2.45) is 5.92 Å². The van der Waals surface area contributed by atoms with Gasteiger partial charge in [0.25, 0.3) is 0 Å². The standard InChI is InChI=1S/C13H29N/c1-4-7-8-9-10-13(6-3)12-14-11-5-2/h13-14H,4-12H2,1-3H3. The molecule has 0 heterocycles. The summed E-state index contributed by atoms with van der Waals surface area (Å²) < 4.78 is 0. The molecular formula is C13H29N. The van der Waals surface area contributed by atoms with E-state index >= 15 is 0 Å². The molecule has 0 saturated heterocycles. The van der Waals surface area contributed by atoms with Crippen LogP contribution in [0.1, 0.15) is 65.7 Å². The molecule has 1 N–H and O–H groups in total. The summed E-state index contributed by atoms with van der Waals surface area (Å²) in [5, 5.41) is 3.53. The molecule has 0 radical (unpaired) electrons. The highest BCUT2D eigenvalue weighted by Crippen LogP contribution is 2.13. The Morgan fingerprint density at radius 2 is 1.71 bits per heavy atom. The van der Waals surface area contributed by atoms with E-state index in [1.165, 1.54) is 58.0 Å². The van der Waals surface area contributed by atoms with Crippen molar-refractivity contribution in [3.8, 4) is 0 Å². The van der Waals surface area contributed by atoms with Gasteiger partial charge in [0.1, 0.15) is 0 Å². The molecule has 1 nitrogen and oxygen atoms in total. The van der Waals surface area contributed by atoms with Gasteiger partial charge in [-0.05, 0) is 31.8 Å². The predicted molar refractivity (Wildman–Crippen MR) is 65.7 cm³/mol. The minimum Gasteiger partial charge on any atom is -0.316 e. The predicted octanol–water partition coefficient (Wildman–Crippen LogP) is 3.98. The van der Waals surface area contributed by atoms with Gasteiger partial charge in [-0.3, -0.25) is 0 Å². The van der Waals surface area contributed by atoms with E-state index < -0.39 is 0 Å². The number of unbranched alkanes of at least 4 members (excludes halogenated alkanes) is 3. The van der Waals surface area contributed by atoms with Crippen molar-refractivity contribution < 1.29 is 0 Å². The smallest absolute Gasteiger partial charge is 0.00206 e. The highest BCUT2D eigenvalue weighted by molar-refractivity contribution is 4.60. The third-order valence-electron chi connectivity index (χ3n) is 2.90. The molecule has 14 heavy (non-hydrogen) atoms. The lowest BCUT2D eigenvalue weighted by atomic mass is 9.98. The molecule has 1 atom stereocenters. The Morgan fingerprint density at radius 3 is 2.29 bits per heavy atom. The van der Waals surface area contributed by atoms with Gasteiger partial charge in [0, 0.05) is 0 Å². The third-order valence-corrected chi connectivity index (χ3v) is 2.90. The lowest BCUT2D eigenvalue weighted by Gasteiger charge is -2.15. The van der Waals surface area contributed by atoms with Crippen LogP contribution in [0.3, 0.4) is 0 Å². The van der Waals surface area contributed by atoms with Crippen LogP contribution in [0, 0.1) is 5.92 Å². The summed E-state index contributed by atoms with van der Waals surface area (Å²) in [5.41, 5.74) is 0. The maximum atomic E-state index is 3.53. The molecule has 86 valence electrons. The topological polar surface area (TPSA) is 12.0 Å². The third kappa shape index (κ3) is 8.55.